The lowest BCUT2D eigenvalue weighted by molar-refractivity contribution is -0.121. The van der Waals surface area contributed by atoms with Crippen molar-refractivity contribution in [2.24, 2.45) is 5.92 Å². The molecule has 1 N–H and O–H groups in total. The number of carbonyl (C=O) groups is 2. The molecule has 1 atom stereocenters. The van der Waals surface area contributed by atoms with Gasteiger partial charge in [-0.05, 0) is 55.5 Å². The van der Waals surface area contributed by atoms with Crippen molar-refractivity contribution in [2.45, 2.75) is 19.8 Å². The molecule has 1 aliphatic heterocycles. The van der Waals surface area contributed by atoms with Gasteiger partial charge in [0, 0.05) is 18.8 Å². The van der Waals surface area contributed by atoms with Gasteiger partial charge in [0.05, 0.1) is 16.5 Å². The molecule has 2 amide bonds. The monoisotopic (exact) mass is 472 g/mol. The first-order valence-corrected chi connectivity index (χ1v) is 12.1. The van der Waals surface area contributed by atoms with Crippen LogP contribution < -0.4 is 5.32 Å². The number of anilines is 1. The minimum absolute atomic E-state index is 0.127. The molecule has 1 aliphatic rings. The van der Waals surface area contributed by atoms with Crippen molar-refractivity contribution in [3.8, 4) is 16.4 Å². The molecule has 1 unspecified atom stereocenters. The van der Waals surface area contributed by atoms with Crippen LogP contribution >= 0.6 is 11.3 Å². The largest absolute Gasteiger partial charge is 0.335 e. The number of nitrogens with one attached hydrogen (secondary N) is 1. The quantitative estimate of drug-likeness (QED) is 0.470. The Balaban J connectivity index is 1.36. The number of aromatic nitrogens is 4. The van der Waals surface area contributed by atoms with E-state index in [1.165, 1.54) is 0 Å². The number of para-hydroxylation sites is 1. The molecule has 4 heterocycles. The Hall–Kier alpha value is -3.85. The van der Waals surface area contributed by atoms with Crippen LogP contribution in [-0.2, 0) is 4.79 Å². The van der Waals surface area contributed by atoms with E-state index in [0.717, 1.165) is 22.7 Å². The van der Waals surface area contributed by atoms with Gasteiger partial charge in [-0.1, -0.05) is 30.3 Å². The highest BCUT2D eigenvalue weighted by molar-refractivity contribution is 7.13. The SMILES string of the molecule is Cc1cccc(NC(=O)C2CCCN(C(=O)c3nc(-c4cccs4)n(-c4ccccc4)n3)C2)n1. The van der Waals surface area contributed by atoms with E-state index >= 15 is 0 Å². The van der Waals surface area contributed by atoms with Crippen molar-refractivity contribution in [3.63, 3.8) is 0 Å². The molecule has 0 radical (unpaired) electrons. The molecule has 1 saturated heterocycles. The molecule has 3 aromatic heterocycles. The van der Waals surface area contributed by atoms with Gasteiger partial charge < -0.3 is 10.2 Å². The lowest BCUT2D eigenvalue weighted by atomic mass is 9.97. The van der Waals surface area contributed by atoms with Gasteiger partial charge >= 0.3 is 0 Å². The fourth-order valence-corrected chi connectivity index (χ4v) is 4.77. The van der Waals surface area contributed by atoms with Crippen LogP contribution in [0.5, 0.6) is 0 Å². The second kappa shape index (κ2) is 9.56. The van der Waals surface area contributed by atoms with E-state index in [1.807, 2.05) is 66.9 Å². The number of pyridine rings is 1. The molecule has 0 aliphatic carbocycles. The Morgan fingerprint density at radius 3 is 2.65 bits per heavy atom. The van der Waals surface area contributed by atoms with Crippen molar-refractivity contribution in [3.05, 3.63) is 77.6 Å². The summed E-state index contributed by atoms with van der Waals surface area (Å²) >= 11 is 1.54. The summed E-state index contributed by atoms with van der Waals surface area (Å²) < 4.78 is 1.70. The molecule has 4 aromatic rings. The highest BCUT2D eigenvalue weighted by Crippen LogP contribution is 2.26. The molecule has 0 saturated carbocycles. The minimum atomic E-state index is -0.312. The van der Waals surface area contributed by atoms with E-state index in [1.54, 1.807) is 27.0 Å². The average Bonchev–Trinajstić information content (AvgIpc) is 3.54. The van der Waals surface area contributed by atoms with Crippen molar-refractivity contribution in [1.29, 1.82) is 0 Å². The fourth-order valence-electron chi connectivity index (χ4n) is 4.08. The topological polar surface area (TPSA) is 93.0 Å². The number of likely N-dealkylation sites (tertiary alicyclic amines) is 1. The number of nitrogens with zero attached hydrogens (tertiary/aromatic N) is 5. The van der Waals surface area contributed by atoms with Crippen LogP contribution in [0.2, 0.25) is 0 Å². The zero-order chi connectivity index (χ0) is 23.5. The summed E-state index contributed by atoms with van der Waals surface area (Å²) in [5.74, 6) is 0.580. The third-order valence-corrected chi connectivity index (χ3v) is 6.63. The number of amides is 2. The summed E-state index contributed by atoms with van der Waals surface area (Å²) in [6, 6.07) is 19.1. The summed E-state index contributed by atoms with van der Waals surface area (Å²) in [5, 5.41) is 9.42. The van der Waals surface area contributed by atoms with Crippen LogP contribution in [0.15, 0.2) is 66.0 Å². The molecule has 34 heavy (non-hydrogen) atoms. The van der Waals surface area contributed by atoms with E-state index in [0.29, 0.717) is 31.2 Å². The van der Waals surface area contributed by atoms with Gasteiger partial charge in [0.15, 0.2) is 5.82 Å². The number of hydrogen-bond acceptors (Lipinski definition) is 6. The fraction of sp³-hybridized carbons (Fsp3) is 0.240. The maximum Gasteiger partial charge on any atom is 0.293 e. The Morgan fingerprint density at radius 2 is 1.88 bits per heavy atom. The predicted octanol–water partition coefficient (Wildman–Crippen LogP) is 4.19. The summed E-state index contributed by atoms with van der Waals surface area (Å²) in [6.07, 6.45) is 1.45. The van der Waals surface area contributed by atoms with Gasteiger partial charge in [0.1, 0.15) is 5.82 Å². The first-order chi connectivity index (χ1) is 16.6. The van der Waals surface area contributed by atoms with Crippen molar-refractivity contribution in [1.82, 2.24) is 24.6 Å². The lowest BCUT2D eigenvalue weighted by Crippen LogP contribution is -2.44. The van der Waals surface area contributed by atoms with E-state index in [-0.39, 0.29) is 23.6 Å². The number of benzene rings is 1. The van der Waals surface area contributed by atoms with Gasteiger partial charge in [-0.2, -0.15) is 0 Å². The summed E-state index contributed by atoms with van der Waals surface area (Å²) in [7, 11) is 0. The molecule has 9 heteroatoms. The van der Waals surface area contributed by atoms with Crippen LogP contribution in [0, 0.1) is 12.8 Å². The highest BCUT2D eigenvalue weighted by atomic mass is 32.1. The van der Waals surface area contributed by atoms with E-state index in [9.17, 15) is 9.59 Å². The van der Waals surface area contributed by atoms with Gasteiger partial charge in [0.25, 0.3) is 5.91 Å². The Kier molecular flexibility index (Phi) is 6.18. The van der Waals surface area contributed by atoms with Gasteiger partial charge in [-0.3, -0.25) is 9.59 Å². The van der Waals surface area contributed by atoms with Gasteiger partial charge in [-0.25, -0.2) is 14.6 Å². The molecular weight excluding hydrogens is 448 g/mol. The minimum Gasteiger partial charge on any atom is -0.335 e. The lowest BCUT2D eigenvalue weighted by Gasteiger charge is -2.31. The normalized spacial score (nSPS) is 15.8. The third-order valence-electron chi connectivity index (χ3n) is 5.76. The molecule has 5 rings (SSSR count). The third kappa shape index (κ3) is 4.60. The smallest absolute Gasteiger partial charge is 0.293 e. The number of hydrogen-bond donors (Lipinski definition) is 1. The Bertz CT molecular complexity index is 1300. The van der Waals surface area contributed by atoms with Crippen LogP contribution in [-0.4, -0.2) is 49.6 Å². The summed E-state index contributed by atoms with van der Waals surface area (Å²) in [6.45, 7) is 2.77. The zero-order valence-corrected chi connectivity index (χ0v) is 19.5. The van der Waals surface area contributed by atoms with E-state index in [2.05, 4.69) is 20.4 Å². The first kappa shape index (κ1) is 22.0. The van der Waals surface area contributed by atoms with E-state index in [4.69, 9.17) is 0 Å². The summed E-state index contributed by atoms with van der Waals surface area (Å²) in [5.41, 5.74) is 1.67. The van der Waals surface area contributed by atoms with Crippen LogP contribution in [0.25, 0.3) is 16.4 Å². The van der Waals surface area contributed by atoms with Crippen molar-refractivity contribution >= 4 is 29.0 Å². The Morgan fingerprint density at radius 1 is 1.03 bits per heavy atom. The molecule has 1 aromatic carbocycles. The molecule has 1 fully saturated rings. The molecular formula is C25H24N6O2S. The summed E-state index contributed by atoms with van der Waals surface area (Å²) in [4.78, 5) is 37.8. The van der Waals surface area contributed by atoms with Crippen LogP contribution in [0.3, 0.4) is 0 Å². The first-order valence-electron chi connectivity index (χ1n) is 11.2. The van der Waals surface area contributed by atoms with E-state index < -0.39 is 0 Å². The van der Waals surface area contributed by atoms with Gasteiger partial charge in [-0.15, -0.1) is 16.4 Å². The second-order valence-corrected chi connectivity index (χ2v) is 9.18. The predicted molar refractivity (Wildman–Crippen MR) is 131 cm³/mol. The number of thiophene rings is 1. The standard InChI is InChI=1S/C25H24N6O2S/c1-17-8-5-13-21(26-17)27-24(32)18-9-6-14-30(16-18)25(33)22-28-23(20-12-7-15-34-20)31(29-22)19-10-3-2-4-11-19/h2-5,7-8,10-13,15,18H,6,9,14,16H2,1H3,(H,26,27,32). The van der Waals surface area contributed by atoms with Gasteiger partial charge in [0.2, 0.25) is 11.7 Å². The van der Waals surface area contributed by atoms with Crippen molar-refractivity contribution in [2.75, 3.05) is 18.4 Å². The molecule has 0 spiro atoms. The number of rotatable bonds is 5. The number of piperidine rings is 1. The zero-order valence-electron chi connectivity index (χ0n) is 18.7. The van der Waals surface area contributed by atoms with Crippen LogP contribution in [0.4, 0.5) is 5.82 Å². The maximum atomic E-state index is 13.4. The second-order valence-electron chi connectivity index (χ2n) is 8.23. The molecule has 8 nitrogen and oxygen atoms in total. The van der Waals surface area contributed by atoms with Crippen LogP contribution in [0.1, 0.15) is 29.2 Å². The number of carbonyl (C=O) groups excluding carboxylic acids is 2. The Labute approximate surface area is 201 Å². The highest BCUT2D eigenvalue weighted by Gasteiger charge is 2.31. The van der Waals surface area contributed by atoms with Crippen molar-refractivity contribution < 1.29 is 9.59 Å². The molecule has 0 bridgehead atoms. The maximum absolute atomic E-state index is 13.4. The number of aryl methyl sites for hydroxylation is 1. The molecule has 172 valence electrons. The average molecular weight is 473 g/mol.